The van der Waals surface area contributed by atoms with Gasteiger partial charge in [-0.15, -0.1) is 0 Å². The lowest BCUT2D eigenvalue weighted by molar-refractivity contribution is 1.68. The summed E-state index contributed by atoms with van der Waals surface area (Å²) in [7, 11) is 0. The van der Waals surface area contributed by atoms with Gasteiger partial charge < -0.3 is 0 Å². The molecule has 12 aromatic carbocycles. The number of benzene rings is 12. The standard InChI is InChI=1S/C54H32/c1-4-18-38-33(15-1)36-20-7-10-24-42(36)51-44(38)27-13-29-47(51)49-32-31-48-41-23-6-3-17-35(41)40-22-9-12-26-46(40)53(48)54(49)50-30-14-28-45-39-19-5-2-16-34(39)37-21-8-11-25-43(37)52(45)50/h1-32H. The number of rotatable bonds is 2. The van der Waals surface area contributed by atoms with Gasteiger partial charge in [-0.1, -0.05) is 194 Å². The Morgan fingerprint density at radius 2 is 0.407 bits per heavy atom. The Morgan fingerprint density at radius 3 is 0.796 bits per heavy atom. The molecule has 0 spiro atoms. The molecule has 0 bridgehead atoms. The third-order valence-electron chi connectivity index (χ3n) is 12.0. The molecule has 248 valence electrons. The van der Waals surface area contributed by atoms with Crippen LogP contribution in [-0.4, -0.2) is 0 Å². The maximum absolute atomic E-state index is 2.42. The topological polar surface area (TPSA) is 0 Å². The maximum Gasteiger partial charge on any atom is -0.00137 e. The summed E-state index contributed by atoms with van der Waals surface area (Å²) in [5, 5.41) is 23.2. The van der Waals surface area contributed by atoms with Crippen molar-refractivity contribution in [1.82, 2.24) is 0 Å². The van der Waals surface area contributed by atoms with Crippen LogP contribution >= 0.6 is 0 Å². The van der Waals surface area contributed by atoms with E-state index in [-0.39, 0.29) is 0 Å². The molecule has 0 atom stereocenters. The van der Waals surface area contributed by atoms with E-state index < -0.39 is 0 Å². The summed E-state index contributed by atoms with van der Waals surface area (Å²) in [5.41, 5.74) is 5.05. The molecule has 12 aromatic rings. The fraction of sp³-hybridized carbons (Fsp3) is 0. The molecule has 0 aliphatic heterocycles. The van der Waals surface area contributed by atoms with E-state index >= 15 is 0 Å². The minimum Gasteiger partial charge on any atom is -0.0616 e. The van der Waals surface area contributed by atoms with Gasteiger partial charge in [-0.05, 0) is 119 Å². The molecular weight excluding hydrogens is 649 g/mol. The Kier molecular flexibility index (Phi) is 6.15. The van der Waals surface area contributed by atoms with Gasteiger partial charge in [-0.2, -0.15) is 0 Å². The molecular formula is C54H32. The smallest absolute Gasteiger partial charge is 0.00137 e. The maximum atomic E-state index is 2.42. The first-order valence-electron chi connectivity index (χ1n) is 18.9. The van der Waals surface area contributed by atoms with Crippen LogP contribution < -0.4 is 0 Å². The molecule has 0 N–H and O–H groups in total. The lowest BCUT2D eigenvalue weighted by atomic mass is 9.81. The molecule has 12 rings (SSSR count). The first-order chi connectivity index (χ1) is 26.8. The molecule has 0 radical (unpaired) electrons. The highest BCUT2D eigenvalue weighted by molar-refractivity contribution is 6.35. The predicted octanol–water partition coefficient (Wildman–Crippen LogP) is 15.4. The highest BCUT2D eigenvalue weighted by Crippen LogP contribution is 2.50. The minimum absolute atomic E-state index is 1.25. The van der Waals surface area contributed by atoms with Crippen LogP contribution in [0, 0.1) is 0 Å². The Morgan fingerprint density at radius 1 is 0.148 bits per heavy atom. The van der Waals surface area contributed by atoms with Crippen molar-refractivity contribution in [2.24, 2.45) is 0 Å². The van der Waals surface area contributed by atoms with Crippen molar-refractivity contribution in [3.63, 3.8) is 0 Å². The van der Waals surface area contributed by atoms with Crippen LogP contribution in [0.2, 0.25) is 0 Å². The van der Waals surface area contributed by atoms with Crippen molar-refractivity contribution < 1.29 is 0 Å². The van der Waals surface area contributed by atoms with Crippen LogP contribution in [0.4, 0.5) is 0 Å². The van der Waals surface area contributed by atoms with Gasteiger partial charge in [-0.3, -0.25) is 0 Å². The van der Waals surface area contributed by atoms with Crippen LogP contribution in [0.5, 0.6) is 0 Å². The van der Waals surface area contributed by atoms with Crippen LogP contribution in [0.25, 0.3) is 119 Å². The van der Waals surface area contributed by atoms with Gasteiger partial charge in [0.05, 0.1) is 0 Å². The lowest BCUT2D eigenvalue weighted by Crippen LogP contribution is -1.94. The summed E-state index contributed by atoms with van der Waals surface area (Å²) in [6.07, 6.45) is 0. The normalized spacial score (nSPS) is 12.1. The van der Waals surface area contributed by atoms with Gasteiger partial charge in [0.25, 0.3) is 0 Å². The van der Waals surface area contributed by atoms with Gasteiger partial charge in [0, 0.05) is 0 Å². The molecule has 0 heterocycles. The molecule has 0 unspecified atom stereocenters. The quantitative estimate of drug-likeness (QED) is 0.159. The molecule has 0 heteroatoms. The van der Waals surface area contributed by atoms with Crippen molar-refractivity contribution in [2.75, 3.05) is 0 Å². The highest BCUT2D eigenvalue weighted by atomic mass is 14.3. The zero-order valence-corrected chi connectivity index (χ0v) is 29.5. The average Bonchev–Trinajstić information content (AvgIpc) is 3.26. The summed E-state index contributed by atoms with van der Waals surface area (Å²) in [5.74, 6) is 0. The minimum atomic E-state index is 1.25. The number of hydrogen-bond donors (Lipinski definition) is 0. The molecule has 0 aliphatic carbocycles. The third-order valence-corrected chi connectivity index (χ3v) is 12.0. The van der Waals surface area contributed by atoms with Crippen molar-refractivity contribution >= 4 is 97.0 Å². The van der Waals surface area contributed by atoms with Gasteiger partial charge in [-0.25, -0.2) is 0 Å². The number of fused-ring (bicyclic) bond motifs is 18. The molecule has 0 amide bonds. The Balaban J connectivity index is 1.36. The van der Waals surface area contributed by atoms with E-state index in [0.29, 0.717) is 0 Å². The van der Waals surface area contributed by atoms with Gasteiger partial charge in [0.2, 0.25) is 0 Å². The summed E-state index contributed by atoms with van der Waals surface area (Å²) in [6, 6.07) is 72.5. The SMILES string of the molecule is c1ccc2c(c1)c1ccccc1c1c(-c3ccc4c5ccccc5c5ccccc5c4c3-c3cccc4c5ccccc5c5ccccc5c34)cccc21. The van der Waals surface area contributed by atoms with Crippen LogP contribution in [0.1, 0.15) is 0 Å². The summed E-state index contributed by atoms with van der Waals surface area (Å²) >= 11 is 0. The zero-order chi connectivity index (χ0) is 35.3. The second kappa shape index (κ2) is 11.2. The van der Waals surface area contributed by atoms with E-state index in [1.807, 2.05) is 0 Å². The van der Waals surface area contributed by atoms with Crippen LogP contribution in [0.3, 0.4) is 0 Å². The summed E-state index contributed by atoms with van der Waals surface area (Å²) in [6.45, 7) is 0. The van der Waals surface area contributed by atoms with Crippen molar-refractivity contribution in [1.29, 1.82) is 0 Å². The Labute approximate surface area is 312 Å². The van der Waals surface area contributed by atoms with E-state index in [1.54, 1.807) is 0 Å². The molecule has 0 aliphatic rings. The Bertz CT molecular complexity index is 3420. The largest absolute Gasteiger partial charge is 0.0616 e. The zero-order valence-electron chi connectivity index (χ0n) is 29.5. The summed E-state index contributed by atoms with van der Waals surface area (Å²) < 4.78 is 0. The molecule has 0 fully saturated rings. The monoisotopic (exact) mass is 680 g/mol. The molecule has 54 heavy (non-hydrogen) atoms. The molecule has 0 saturated heterocycles. The van der Waals surface area contributed by atoms with Crippen molar-refractivity contribution in [2.45, 2.75) is 0 Å². The molecule has 0 aromatic heterocycles. The van der Waals surface area contributed by atoms with Gasteiger partial charge in [0.15, 0.2) is 0 Å². The molecule has 0 nitrogen and oxygen atoms in total. The summed E-state index contributed by atoms with van der Waals surface area (Å²) in [4.78, 5) is 0. The van der Waals surface area contributed by atoms with E-state index in [1.165, 1.54) is 119 Å². The van der Waals surface area contributed by atoms with E-state index in [4.69, 9.17) is 0 Å². The predicted molar refractivity (Wildman–Crippen MR) is 235 cm³/mol. The second-order valence-electron chi connectivity index (χ2n) is 14.6. The van der Waals surface area contributed by atoms with E-state index in [0.717, 1.165) is 0 Å². The van der Waals surface area contributed by atoms with Crippen molar-refractivity contribution in [3.05, 3.63) is 194 Å². The lowest BCUT2D eigenvalue weighted by Gasteiger charge is -2.22. The fourth-order valence-corrected chi connectivity index (χ4v) is 9.84. The van der Waals surface area contributed by atoms with E-state index in [9.17, 15) is 0 Å². The first-order valence-corrected chi connectivity index (χ1v) is 18.9. The first kappa shape index (κ1) is 29.5. The van der Waals surface area contributed by atoms with Gasteiger partial charge in [0.1, 0.15) is 0 Å². The average molecular weight is 681 g/mol. The van der Waals surface area contributed by atoms with E-state index in [2.05, 4.69) is 194 Å². The van der Waals surface area contributed by atoms with Crippen LogP contribution in [-0.2, 0) is 0 Å². The number of hydrogen-bond acceptors (Lipinski definition) is 0. The Hall–Kier alpha value is -7.02. The van der Waals surface area contributed by atoms with Gasteiger partial charge >= 0.3 is 0 Å². The molecule has 0 saturated carbocycles. The highest BCUT2D eigenvalue weighted by Gasteiger charge is 2.23. The van der Waals surface area contributed by atoms with Crippen LogP contribution in [0.15, 0.2) is 194 Å². The second-order valence-corrected chi connectivity index (χ2v) is 14.6. The third kappa shape index (κ3) is 3.97. The van der Waals surface area contributed by atoms with Crippen molar-refractivity contribution in [3.8, 4) is 22.3 Å². The fourth-order valence-electron chi connectivity index (χ4n) is 9.84.